The Kier molecular flexibility index (Phi) is 6.67. The third-order valence-corrected chi connectivity index (χ3v) is 4.82. The van der Waals surface area contributed by atoms with E-state index in [1.165, 1.54) is 0 Å². The zero-order valence-corrected chi connectivity index (χ0v) is 17.0. The number of anilines is 1. The van der Waals surface area contributed by atoms with Crippen LogP contribution in [0, 0.1) is 0 Å². The van der Waals surface area contributed by atoms with Crippen molar-refractivity contribution in [1.82, 2.24) is 4.90 Å². The van der Waals surface area contributed by atoms with Gasteiger partial charge in [-0.25, -0.2) is 0 Å². The van der Waals surface area contributed by atoms with Gasteiger partial charge in [-0.2, -0.15) is 0 Å². The van der Waals surface area contributed by atoms with Crippen molar-refractivity contribution in [3.8, 4) is 5.75 Å². The first-order valence-corrected chi connectivity index (χ1v) is 9.61. The van der Waals surface area contributed by atoms with E-state index in [4.69, 9.17) is 9.47 Å². The Morgan fingerprint density at radius 2 is 1.76 bits per heavy atom. The second-order valence-corrected chi connectivity index (χ2v) is 7.06. The van der Waals surface area contributed by atoms with Gasteiger partial charge in [0.25, 0.3) is 5.91 Å². The number of nitrogens with zero attached hydrogens (tertiary/aromatic N) is 1. The molecular weight excluding hydrogens is 368 g/mol. The summed E-state index contributed by atoms with van der Waals surface area (Å²) in [7, 11) is 1.62. The maximum atomic E-state index is 12.6. The summed E-state index contributed by atoms with van der Waals surface area (Å²) in [5, 5.41) is 2.83. The summed E-state index contributed by atoms with van der Waals surface area (Å²) in [6, 6.07) is 14.5. The van der Waals surface area contributed by atoms with E-state index in [0.717, 1.165) is 16.9 Å². The average Bonchev–Trinajstić information content (AvgIpc) is 2.73. The topological polar surface area (TPSA) is 67.9 Å². The van der Waals surface area contributed by atoms with Crippen LogP contribution in [0.3, 0.4) is 0 Å². The van der Waals surface area contributed by atoms with Gasteiger partial charge in [0, 0.05) is 30.4 Å². The van der Waals surface area contributed by atoms with Crippen molar-refractivity contribution in [2.24, 2.45) is 0 Å². The van der Waals surface area contributed by atoms with Crippen molar-refractivity contribution in [1.29, 1.82) is 0 Å². The third-order valence-electron chi connectivity index (χ3n) is 4.82. The number of ether oxygens (including phenoxy) is 2. The molecule has 1 heterocycles. The van der Waals surface area contributed by atoms with Gasteiger partial charge < -0.3 is 19.7 Å². The summed E-state index contributed by atoms with van der Waals surface area (Å²) in [5.74, 6) is 0.528. The highest BCUT2D eigenvalue weighted by molar-refractivity contribution is 6.04. The number of nitrogens with one attached hydrogen (secondary N) is 1. The molecule has 6 heteroatoms. The molecule has 0 bridgehead atoms. The van der Waals surface area contributed by atoms with Crippen LogP contribution in [-0.2, 0) is 9.53 Å². The van der Waals surface area contributed by atoms with E-state index < -0.39 is 0 Å². The molecule has 152 valence electrons. The van der Waals surface area contributed by atoms with Gasteiger partial charge in [0.1, 0.15) is 5.75 Å². The molecule has 1 atom stereocenters. The van der Waals surface area contributed by atoms with Crippen molar-refractivity contribution in [3.63, 3.8) is 0 Å². The van der Waals surface area contributed by atoms with Crippen molar-refractivity contribution < 1.29 is 19.1 Å². The molecular formula is C23H26N2O4. The molecule has 2 aromatic carbocycles. The Hall–Kier alpha value is -3.12. The Labute approximate surface area is 171 Å². The second-order valence-electron chi connectivity index (χ2n) is 7.06. The molecule has 0 spiro atoms. The fourth-order valence-corrected chi connectivity index (χ4v) is 3.19. The van der Waals surface area contributed by atoms with E-state index in [-0.39, 0.29) is 17.9 Å². The average molecular weight is 394 g/mol. The summed E-state index contributed by atoms with van der Waals surface area (Å²) in [6.07, 6.45) is 1.60. The minimum atomic E-state index is -0.223. The molecule has 6 nitrogen and oxygen atoms in total. The Morgan fingerprint density at radius 1 is 1.10 bits per heavy atom. The molecule has 1 N–H and O–H groups in total. The molecule has 1 aliphatic heterocycles. The maximum absolute atomic E-state index is 12.6. The monoisotopic (exact) mass is 394 g/mol. The number of amides is 2. The van der Waals surface area contributed by atoms with Gasteiger partial charge in [-0.1, -0.05) is 12.1 Å². The van der Waals surface area contributed by atoms with Gasteiger partial charge in [-0.3, -0.25) is 9.59 Å². The lowest BCUT2D eigenvalue weighted by Gasteiger charge is -2.31. The van der Waals surface area contributed by atoms with Crippen molar-refractivity contribution >= 4 is 23.1 Å². The summed E-state index contributed by atoms with van der Waals surface area (Å²) < 4.78 is 10.6. The van der Waals surface area contributed by atoms with E-state index in [1.807, 2.05) is 38.1 Å². The van der Waals surface area contributed by atoms with Crippen LogP contribution >= 0.6 is 0 Å². The minimum absolute atomic E-state index is 0.0201. The number of allylic oxidation sites excluding steroid dienone is 1. The number of rotatable bonds is 5. The highest BCUT2D eigenvalue weighted by atomic mass is 16.5. The molecule has 3 rings (SSSR count). The molecule has 0 saturated carbocycles. The number of hydrogen-bond donors (Lipinski definition) is 1. The van der Waals surface area contributed by atoms with Crippen LogP contribution < -0.4 is 10.1 Å². The van der Waals surface area contributed by atoms with E-state index in [1.54, 1.807) is 42.4 Å². The molecule has 1 aliphatic rings. The summed E-state index contributed by atoms with van der Waals surface area (Å²) >= 11 is 0. The van der Waals surface area contributed by atoms with Crippen molar-refractivity contribution in [2.45, 2.75) is 20.0 Å². The number of benzene rings is 2. The Balaban J connectivity index is 1.61. The molecule has 2 aromatic rings. The third kappa shape index (κ3) is 5.45. The molecule has 1 unspecified atom stereocenters. The summed E-state index contributed by atoms with van der Waals surface area (Å²) in [5.41, 5.74) is 3.03. The van der Waals surface area contributed by atoms with E-state index in [0.29, 0.717) is 30.9 Å². The standard InChI is InChI=1S/C23H26N2O4/c1-16(18-6-10-21(28-3)11-7-18)14-22(26)24-20-8-4-19(5-9-20)23(27)25-12-13-29-17(2)15-25/h4-11,14,17H,12-13,15H2,1-3H3,(H,24,26)/b16-14+. The SMILES string of the molecule is COc1ccc(/C(C)=C/C(=O)Nc2ccc(C(=O)N3CCOC(C)C3)cc2)cc1. The number of carbonyl (C=O) groups is 2. The van der Waals surface area contributed by atoms with Crippen LogP contribution in [0.2, 0.25) is 0 Å². The molecule has 1 fully saturated rings. The fraction of sp³-hybridized carbons (Fsp3) is 0.304. The number of morpholine rings is 1. The molecule has 0 radical (unpaired) electrons. The number of carbonyl (C=O) groups excluding carboxylic acids is 2. The van der Waals surface area contributed by atoms with Crippen molar-refractivity contribution in [2.75, 3.05) is 32.1 Å². The molecule has 29 heavy (non-hydrogen) atoms. The van der Waals surface area contributed by atoms with Crippen LogP contribution in [-0.4, -0.2) is 49.6 Å². The summed E-state index contributed by atoms with van der Waals surface area (Å²) in [6.45, 7) is 5.58. The maximum Gasteiger partial charge on any atom is 0.254 e. The zero-order chi connectivity index (χ0) is 20.8. The minimum Gasteiger partial charge on any atom is -0.497 e. The summed E-state index contributed by atoms with van der Waals surface area (Å²) in [4.78, 5) is 26.7. The van der Waals surface area contributed by atoms with Crippen LogP contribution in [0.1, 0.15) is 29.8 Å². The highest BCUT2D eigenvalue weighted by Gasteiger charge is 2.22. The van der Waals surface area contributed by atoms with Crippen LogP contribution in [0.15, 0.2) is 54.6 Å². The van der Waals surface area contributed by atoms with Gasteiger partial charge in [0.15, 0.2) is 0 Å². The van der Waals surface area contributed by atoms with Crippen LogP contribution in [0.4, 0.5) is 5.69 Å². The first-order valence-electron chi connectivity index (χ1n) is 9.61. The van der Waals surface area contributed by atoms with E-state index in [9.17, 15) is 9.59 Å². The van der Waals surface area contributed by atoms with Crippen LogP contribution in [0.5, 0.6) is 5.75 Å². The zero-order valence-electron chi connectivity index (χ0n) is 17.0. The first-order chi connectivity index (χ1) is 14.0. The van der Waals surface area contributed by atoms with Gasteiger partial charge in [0.05, 0.1) is 19.8 Å². The molecule has 1 saturated heterocycles. The lowest BCUT2D eigenvalue weighted by molar-refractivity contribution is -0.111. The van der Waals surface area contributed by atoms with E-state index in [2.05, 4.69) is 5.32 Å². The molecule has 2 amide bonds. The first kappa shape index (κ1) is 20.6. The lowest BCUT2D eigenvalue weighted by Crippen LogP contribution is -2.44. The van der Waals surface area contributed by atoms with Gasteiger partial charge in [-0.05, 0) is 61.4 Å². The Bertz CT molecular complexity index is 888. The molecule has 0 aliphatic carbocycles. The quantitative estimate of drug-likeness (QED) is 0.787. The smallest absolute Gasteiger partial charge is 0.254 e. The normalized spacial score (nSPS) is 17.0. The van der Waals surface area contributed by atoms with Gasteiger partial charge in [-0.15, -0.1) is 0 Å². The Morgan fingerprint density at radius 3 is 2.38 bits per heavy atom. The van der Waals surface area contributed by atoms with Gasteiger partial charge >= 0.3 is 0 Å². The van der Waals surface area contributed by atoms with Gasteiger partial charge in [0.2, 0.25) is 5.91 Å². The second kappa shape index (κ2) is 9.39. The predicted octanol–water partition coefficient (Wildman–Crippen LogP) is 3.60. The molecule has 0 aromatic heterocycles. The number of hydrogen-bond acceptors (Lipinski definition) is 4. The van der Waals surface area contributed by atoms with Crippen molar-refractivity contribution in [3.05, 3.63) is 65.7 Å². The van der Waals surface area contributed by atoms with Crippen LogP contribution in [0.25, 0.3) is 5.57 Å². The van der Waals surface area contributed by atoms with E-state index >= 15 is 0 Å². The predicted molar refractivity (Wildman–Crippen MR) is 113 cm³/mol. The highest BCUT2D eigenvalue weighted by Crippen LogP contribution is 2.19. The lowest BCUT2D eigenvalue weighted by atomic mass is 10.1. The largest absolute Gasteiger partial charge is 0.497 e. The number of methoxy groups -OCH3 is 1. The fourth-order valence-electron chi connectivity index (χ4n) is 3.19.